The van der Waals surface area contributed by atoms with Gasteiger partial charge >= 0.3 is 0 Å². The molecule has 0 saturated heterocycles. The van der Waals surface area contributed by atoms with Crippen molar-refractivity contribution in [2.75, 3.05) is 12.4 Å². The summed E-state index contributed by atoms with van der Waals surface area (Å²) in [7, 11) is 1.56. The first-order chi connectivity index (χ1) is 14.6. The molecular weight excluding hydrogens is 380 g/mol. The smallest absolute Gasteiger partial charge is 0.262 e. The molecule has 1 heterocycles. The van der Waals surface area contributed by atoms with Gasteiger partial charge in [0, 0.05) is 12.1 Å². The van der Waals surface area contributed by atoms with E-state index in [-0.39, 0.29) is 6.42 Å². The maximum absolute atomic E-state index is 13.2. The molecule has 4 rings (SSSR count). The Hall–Kier alpha value is -3.93. The second-order valence-electron chi connectivity index (χ2n) is 6.95. The lowest BCUT2D eigenvalue weighted by atomic mass is 10.0. The lowest BCUT2D eigenvalue weighted by Crippen LogP contribution is -2.48. The van der Waals surface area contributed by atoms with Gasteiger partial charge < -0.3 is 10.1 Å². The van der Waals surface area contributed by atoms with Crippen molar-refractivity contribution in [2.24, 2.45) is 0 Å². The zero-order chi connectivity index (χ0) is 21.1. The summed E-state index contributed by atoms with van der Waals surface area (Å²) in [6.07, 6.45) is 0.217. The van der Waals surface area contributed by atoms with E-state index in [1.165, 1.54) is 0 Å². The highest BCUT2D eigenvalue weighted by molar-refractivity contribution is 6.23. The molecule has 1 N–H and O–H groups in total. The van der Waals surface area contributed by atoms with E-state index in [0.717, 1.165) is 10.5 Å². The maximum atomic E-state index is 13.2. The van der Waals surface area contributed by atoms with E-state index in [9.17, 15) is 14.4 Å². The number of amides is 3. The van der Waals surface area contributed by atoms with Crippen LogP contribution < -0.4 is 10.1 Å². The molecule has 0 aromatic heterocycles. The van der Waals surface area contributed by atoms with Gasteiger partial charge in [0.05, 0.1) is 18.2 Å². The molecule has 0 spiro atoms. The Morgan fingerprint density at radius 2 is 1.43 bits per heavy atom. The Kier molecular flexibility index (Phi) is 5.30. The number of hydrogen-bond acceptors (Lipinski definition) is 4. The molecule has 0 unspecified atom stereocenters. The van der Waals surface area contributed by atoms with E-state index >= 15 is 0 Å². The fourth-order valence-corrected chi connectivity index (χ4v) is 3.53. The van der Waals surface area contributed by atoms with Crippen molar-refractivity contribution < 1.29 is 19.1 Å². The van der Waals surface area contributed by atoms with Gasteiger partial charge in [-0.05, 0) is 42.0 Å². The molecule has 0 aliphatic carbocycles. The van der Waals surface area contributed by atoms with Crippen molar-refractivity contribution in [3.63, 3.8) is 0 Å². The number of ether oxygens (including phenoxy) is 1. The first-order valence-corrected chi connectivity index (χ1v) is 9.54. The highest BCUT2D eigenvalue weighted by Crippen LogP contribution is 2.27. The van der Waals surface area contributed by atoms with Gasteiger partial charge in [-0.3, -0.25) is 19.3 Å². The van der Waals surface area contributed by atoms with Crippen LogP contribution in [0.2, 0.25) is 0 Å². The normalized spacial score (nSPS) is 13.7. The van der Waals surface area contributed by atoms with E-state index in [4.69, 9.17) is 4.74 Å². The first-order valence-electron chi connectivity index (χ1n) is 9.54. The van der Waals surface area contributed by atoms with Gasteiger partial charge in [0.15, 0.2) is 0 Å². The van der Waals surface area contributed by atoms with Crippen molar-refractivity contribution in [3.05, 3.63) is 95.6 Å². The van der Waals surface area contributed by atoms with E-state index in [0.29, 0.717) is 22.6 Å². The second kappa shape index (κ2) is 8.21. The van der Waals surface area contributed by atoms with Gasteiger partial charge in [0.25, 0.3) is 11.8 Å². The number of anilines is 1. The number of nitrogens with zero attached hydrogens (tertiary/aromatic N) is 1. The summed E-state index contributed by atoms with van der Waals surface area (Å²) in [6.45, 7) is 0. The van der Waals surface area contributed by atoms with Gasteiger partial charge in [-0.25, -0.2) is 0 Å². The maximum Gasteiger partial charge on any atom is 0.262 e. The monoisotopic (exact) mass is 400 g/mol. The molecule has 0 fully saturated rings. The van der Waals surface area contributed by atoms with Crippen LogP contribution in [0.5, 0.6) is 5.75 Å². The Labute approximate surface area is 174 Å². The van der Waals surface area contributed by atoms with Crippen LogP contribution in [0.3, 0.4) is 0 Å². The van der Waals surface area contributed by atoms with E-state index in [1.807, 2.05) is 30.3 Å². The number of fused-ring (bicyclic) bond motifs is 1. The third-order valence-corrected chi connectivity index (χ3v) is 5.07. The molecule has 3 aromatic carbocycles. The standard InChI is InChI=1S/C24H20N2O4/c1-30-18-13-11-17(12-14-18)25-22(27)21(15-16-7-3-2-4-8-16)26-23(28)19-9-5-6-10-20(19)24(26)29/h2-14,21H,15H2,1H3,(H,25,27)/t21-/m0/s1. The zero-order valence-electron chi connectivity index (χ0n) is 16.4. The zero-order valence-corrected chi connectivity index (χ0v) is 16.4. The van der Waals surface area contributed by atoms with Crippen molar-refractivity contribution in [3.8, 4) is 5.75 Å². The summed E-state index contributed by atoms with van der Waals surface area (Å²) in [4.78, 5) is 40.3. The molecule has 1 atom stereocenters. The molecule has 1 aliphatic rings. The van der Waals surface area contributed by atoms with Gasteiger partial charge in [-0.1, -0.05) is 42.5 Å². The average molecular weight is 400 g/mol. The number of rotatable bonds is 6. The van der Waals surface area contributed by atoms with E-state index in [2.05, 4.69) is 5.32 Å². The highest BCUT2D eigenvalue weighted by Gasteiger charge is 2.42. The molecule has 30 heavy (non-hydrogen) atoms. The molecule has 6 heteroatoms. The van der Waals surface area contributed by atoms with Crippen LogP contribution in [0.15, 0.2) is 78.9 Å². The minimum atomic E-state index is -0.984. The summed E-state index contributed by atoms with van der Waals surface area (Å²) in [5.74, 6) is -0.685. The lowest BCUT2D eigenvalue weighted by Gasteiger charge is -2.25. The van der Waals surface area contributed by atoms with Crippen LogP contribution in [-0.2, 0) is 11.2 Å². The van der Waals surface area contributed by atoms with E-state index in [1.54, 1.807) is 55.6 Å². The number of carbonyl (C=O) groups excluding carboxylic acids is 3. The minimum Gasteiger partial charge on any atom is -0.497 e. The molecule has 6 nitrogen and oxygen atoms in total. The molecule has 0 bridgehead atoms. The summed E-state index contributed by atoms with van der Waals surface area (Å²) in [5, 5.41) is 2.82. The fourth-order valence-electron chi connectivity index (χ4n) is 3.53. The van der Waals surface area contributed by atoms with Crippen LogP contribution in [0.1, 0.15) is 26.3 Å². The molecule has 0 saturated carbocycles. The number of hydrogen-bond donors (Lipinski definition) is 1. The van der Waals surface area contributed by atoms with Crippen LogP contribution in [0.4, 0.5) is 5.69 Å². The van der Waals surface area contributed by atoms with Crippen molar-refractivity contribution >= 4 is 23.4 Å². The third kappa shape index (κ3) is 3.67. The molecular formula is C24H20N2O4. The molecule has 3 aromatic rings. The summed E-state index contributed by atoms with van der Waals surface area (Å²) >= 11 is 0. The number of benzene rings is 3. The average Bonchev–Trinajstić information content (AvgIpc) is 3.03. The van der Waals surface area contributed by atoms with E-state index < -0.39 is 23.8 Å². The Morgan fingerprint density at radius 3 is 2.00 bits per heavy atom. The van der Waals surface area contributed by atoms with Crippen molar-refractivity contribution in [2.45, 2.75) is 12.5 Å². The minimum absolute atomic E-state index is 0.217. The largest absolute Gasteiger partial charge is 0.497 e. The van der Waals surface area contributed by atoms with Gasteiger partial charge in [0.2, 0.25) is 5.91 Å². The van der Waals surface area contributed by atoms with Crippen LogP contribution in [0, 0.1) is 0 Å². The predicted octanol–water partition coefficient (Wildman–Crippen LogP) is 3.54. The SMILES string of the molecule is COc1ccc(NC(=O)[C@H](Cc2ccccc2)N2C(=O)c3ccccc3C2=O)cc1. The van der Waals surface area contributed by atoms with Crippen LogP contribution in [-0.4, -0.2) is 35.8 Å². The molecule has 150 valence electrons. The lowest BCUT2D eigenvalue weighted by molar-refractivity contribution is -0.119. The highest BCUT2D eigenvalue weighted by atomic mass is 16.5. The topological polar surface area (TPSA) is 75.7 Å². The van der Waals surface area contributed by atoms with Gasteiger partial charge in [-0.15, -0.1) is 0 Å². The number of nitrogens with one attached hydrogen (secondary N) is 1. The Bertz CT molecular complexity index is 1060. The Balaban J connectivity index is 1.65. The van der Waals surface area contributed by atoms with Gasteiger partial charge in [0.1, 0.15) is 11.8 Å². The number of methoxy groups -OCH3 is 1. The number of imide groups is 1. The van der Waals surface area contributed by atoms with Crippen LogP contribution >= 0.6 is 0 Å². The molecule has 1 aliphatic heterocycles. The quantitative estimate of drug-likeness (QED) is 0.642. The van der Waals surface area contributed by atoms with Crippen LogP contribution in [0.25, 0.3) is 0 Å². The third-order valence-electron chi connectivity index (χ3n) is 5.07. The molecule has 3 amide bonds. The first kappa shape index (κ1) is 19.4. The summed E-state index contributed by atoms with van der Waals surface area (Å²) in [6, 6.07) is 21.8. The van der Waals surface area contributed by atoms with Crippen molar-refractivity contribution in [1.82, 2.24) is 4.90 Å². The predicted molar refractivity (Wildman–Crippen MR) is 112 cm³/mol. The summed E-state index contributed by atoms with van der Waals surface area (Å²) < 4.78 is 5.14. The van der Waals surface area contributed by atoms with Gasteiger partial charge in [-0.2, -0.15) is 0 Å². The summed E-state index contributed by atoms with van der Waals surface area (Å²) in [5.41, 5.74) is 2.04. The molecule has 0 radical (unpaired) electrons. The Morgan fingerprint density at radius 1 is 0.867 bits per heavy atom. The van der Waals surface area contributed by atoms with Crippen molar-refractivity contribution in [1.29, 1.82) is 0 Å². The second-order valence-corrected chi connectivity index (χ2v) is 6.95. The fraction of sp³-hybridized carbons (Fsp3) is 0.125. The number of carbonyl (C=O) groups is 3.